The summed E-state index contributed by atoms with van der Waals surface area (Å²) in [5.41, 5.74) is 6.17. The molecule has 1 atom stereocenters. The van der Waals surface area contributed by atoms with Gasteiger partial charge in [0.2, 0.25) is 0 Å². The van der Waals surface area contributed by atoms with Gasteiger partial charge in [0, 0.05) is 12.7 Å². The van der Waals surface area contributed by atoms with Crippen LogP contribution < -0.4 is 11.1 Å². The fourth-order valence-electron chi connectivity index (χ4n) is 1.65. The van der Waals surface area contributed by atoms with Crippen LogP contribution in [-0.4, -0.2) is 37.2 Å². The molecule has 7 heteroatoms. The van der Waals surface area contributed by atoms with Gasteiger partial charge < -0.3 is 20.7 Å². The molecule has 0 aliphatic carbocycles. The van der Waals surface area contributed by atoms with E-state index in [1.54, 1.807) is 19.2 Å². The third-order valence-electron chi connectivity index (χ3n) is 2.57. The van der Waals surface area contributed by atoms with Crippen molar-refractivity contribution in [3.05, 3.63) is 24.0 Å². The van der Waals surface area contributed by atoms with E-state index < -0.39 is 5.82 Å². The first-order chi connectivity index (χ1) is 8.06. The number of nitrogens with two attached hydrogens (primary N) is 1. The largest absolute Gasteiger partial charge is 0.442 e. The Hall–Kier alpha value is -1.63. The van der Waals surface area contributed by atoms with Gasteiger partial charge in [-0.25, -0.2) is 9.18 Å². The molecule has 3 N–H and O–H groups in total. The number of anilines is 2. The molecule has 1 aliphatic heterocycles. The van der Waals surface area contributed by atoms with Crippen LogP contribution in [0, 0.1) is 5.82 Å². The van der Waals surface area contributed by atoms with Crippen molar-refractivity contribution in [1.29, 1.82) is 0 Å². The number of rotatable bonds is 3. The summed E-state index contributed by atoms with van der Waals surface area (Å²) in [5, 5.41) is 2.89. The van der Waals surface area contributed by atoms with E-state index in [0.29, 0.717) is 24.5 Å². The minimum atomic E-state index is -0.414. The third-order valence-corrected chi connectivity index (χ3v) is 2.57. The number of amides is 1. The van der Waals surface area contributed by atoms with E-state index >= 15 is 0 Å². The van der Waals surface area contributed by atoms with Crippen molar-refractivity contribution in [3.8, 4) is 0 Å². The number of cyclic esters (lactones) is 1. The molecule has 5 nitrogen and oxygen atoms in total. The summed E-state index contributed by atoms with van der Waals surface area (Å²) in [6.45, 7) is 0.874. The van der Waals surface area contributed by atoms with Crippen molar-refractivity contribution < 1.29 is 13.9 Å². The second-order valence-corrected chi connectivity index (χ2v) is 4.01. The van der Waals surface area contributed by atoms with Gasteiger partial charge >= 0.3 is 6.09 Å². The predicted octanol–water partition coefficient (Wildman–Crippen LogP) is 1.38. The zero-order valence-electron chi connectivity index (χ0n) is 9.94. The number of halogens is 1. The van der Waals surface area contributed by atoms with Crippen LogP contribution in [0.4, 0.5) is 20.6 Å². The second kappa shape index (κ2) is 5.81. The molecule has 100 valence electrons. The maximum atomic E-state index is 13.4. The molecule has 1 amide bonds. The topological polar surface area (TPSA) is 67.6 Å². The van der Waals surface area contributed by atoms with Crippen LogP contribution in [0.1, 0.15) is 0 Å². The zero-order valence-corrected chi connectivity index (χ0v) is 10.9. The standard InChI is InChI=1S/C11H14FN3O2.H2S/c1-15-6-8(17-11(15)16)5-14-10-3-2-7(13)4-9(10)12;/h2-4,8,14H,5-6,13H2,1H3;1H2/t8-;/m0./s1. The molecule has 18 heavy (non-hydrogen) atoms. The summed E-state index contributed by atoms with van der Waals surface area (Å²) < 4.78 is 18.5. The molecule has 0 unspecified atom stereocenters. The number of hydrogen-bond donors (Lipinski definition) is 2. The fourth-order valence-corrected chi connectivity index (χ4v) is 1.65. The van der Waals surface area contributed by atoms with Crippen LogP contribution >= 0.6 is 13.5 Å². The molecule has 0 spiro atoms. The number of nitrogens with one attached hydrogen (secondary N) is 1. The maximum absolute atomic E-state index is 13.4. The van der Waals surface area contributed by atoms with E-state index in [0.717, 1.165) is 0 Å². The Morgan fingerprint density at radius 3 is 2.89 bits per heavy atom. The average Bonchev–Trinajstić information content (AvgIpc) is 2.57. The normalized spacial score (nSPS) is 18.2. The molecular formula is C11H16FN3O2S. The quantitative estimate of drug-likeness (QED) is 0.817. The van der Waals surface area contributed by atoms with Gasteiger partial charge in [0.15, 0.2) is 0 Å². The first-order valence-corrected chi connectivity index (χ1v) is 5.27. The Balaban J connectivity index is 0.00000162. The number of nitrogens with zero attached hydrogens (tertiary/aromatic N) is 1. The molecule has 1 heterocycles. The number of ether oxygens (including phenoxy) is 1. The minimum Gasteiger partial charge on any atom is -0.442 e. The molecule has 0 aromatic heterocycles. The monoisotopic (exact) mass is 273 g/mol. The summed E-state index contributed by atoms with van der Waals surface area (Å²) in [7, 11) is 1.66. The molecule has 1 aromatic carbocycles. The molecule has 1 aliphatic rings. The van der Waals surface area contributed by atoms with Gasteiger partial charge in [0.05, 0.1) is 18.8 Å². The fraction of sp³-hybridized carbons (Fsp3) is 0.364. The molecule has 0 saturated carbocycles. The van der Waals surface area contributed by atoms with E-state index in [1.165, 1.54) is 11.0 Å². The van der Waals surface area contributed by atoms with Crippen LogP contribution in [0.3, 0.4) is 0 Å². The lowest BCUT2D eigenvalue weighted by Gasteiger charge is -2.11. The average molecular weight is 273 g/mol. The van der Waals surface area contributed by atoms with Crippen LogP contribution in [0.2, 0.25) is 0 Å². The highest BCUT2D eigenvalue weighted by Gasteiger charge is 2.27. The van der Waals surface area contributed by atoms with Gasteiger partial charge in [-0.05, 0) is 18.2 Å². The Morgan fingerprint density at radius 1 is 1.61 bits per heavy atom. The third kappa shape index (κ3) is 3.19. The molecule has 1 aromatic rings. The molecule has 2 rings (SSSR count). The van der Waals surface area contributed by atoms with Crippen molar-refractivity contribution in [2.75, 3.05) is 31.2 Å². The van der Waals surface area contributed by atoms with Crippen molar-refractivity contribution in [2.24, 2.45) is 0 Å². The highest BCUT2D eigenvalue weighted by Crippen LogP contribution is 2.17. The number of benzene rings is 1. The van der Waals surface area contributed by atoms with E-state index in [2.05, 4.69) is 5.32 Å². The molecular weight excluding hydrogens is 257 g/mol. The van der Waals surface area contributed by atoms with Crippen LogP contribution in [-0.2, 0) is 4.74 Å². The Morgan fingerprint density at radius 2 is 2.33 bits per heavy atom. The zero-order chi connectivity index (χ0) is 12.4. The summed E-state index contributed by atoms with van der Waals surface area (Å²) in [4.78, 5) is 12.6. The molecule has 1 saturated heterocycles. The number of nitrogen functional groups attached to an aromatic ring is 1. The van der Waals surface area contributed by atoms with E-state index in [4.69, 9.17) is 10.5 Å². The first-order valence-electron chi connectivity index (χ1n) is 5.27. The smallest absolute Gasteiger partial charge is 0.410 e. The van der Waals surface area contributed by atoms with Crippen LogP contribution in [0.5, 0.6) is 0 Å². The van der Waals surface area contributed by atoms with E-state index in [9.17, 15) is 9.18 Å². The summed E-state index contributed by atoms with van der Waals surface area (Å²) in [6.07, 6.45) is -0.612. The maximum Gasteiger partial charge on any atom is 0.410 e. The Labute approximate surface area is 112 Å². The van der Waals surface area contributed by atoms with Crippen LogP contribution in [0.15, 0.2) is 18.2 Å². The van der Waals surface area contributed by atoms with E-state index in [-0.39, 0.29) is 25.7 Å². The number of hydrogen-bond acceptors (Lipinski definition) is 4. The minimum absolute atomic E-state index is 0. The summed E-state index contributed by atoms with van der Waals surface area (Å²) >= 11 is 0. The molecule has 0 bridgehead atoms. The van der Waals surface area contributed by atoms with Crippen molar-refractivity contribution in [3.63, 3.8) is 0 Å². The van der Waals surface area contributed by atoms with Crippen molar-refractivity contribution >= 4 is 31.0 Å². The van der Waals surface area contributed by atoms with Gasteiger partial charge in [0.25, 0.3) is 0 Å². The summed E-state index contributed by atoms with van der Waals surface area (Å²) in [5.74, 6) is -0.414. The molecule has 0 radical (unpaired) electrons. The molecule has 1 fully saturated rings. The Kier molecular flexibility index (Phi) is 4.66. The highest BCUT2D eigenvalue weighted by molar-refractivity contribution is 7.59. The van der Waals surface area contributed by atoms with E-state index in [1.807, 2.05) is 0 Å². The highest BCUT2D eigenvalue weighted by atomic mass is 32.1. The SMILES string of the molecule is CN1C[C@H](CNc2ccc(N)cc2F)OC1=O.S. The lowest BCUT2D eigenvalue weighted by atomic mass is 10.2. The van der Waals surface area contributed by atoms with Gasteiger partial charge in [0.1, 0.15) is 11.9 Å². The predicted molar refractivity (Wildman–Crippen MR) is 72.6 cm³/mol. The van der Waals surface area contributed by atoms with Gasteiger partial charge in [-0.2, -0.15) is 13.5 Å². The second-order valence-electron chi connectivity index (χ2n) is 4.01. The van der Waals surface area contributed by atoms with Gasteiger partial charge in [-0.15, -0.1) is 0 Å². The summed E-state index contributed by atoms with van der Waals surface area (Å²) in [6, 6.07) is 4.42. The first kappa shape index (κ1) is 14.4. The van der Waals surface area contributed by atoms with Crippen LogP contribution in [0.25, 0.3) is 0 Å². The lowest BCUT2D eigenvalue weighted by Crippen LogP contribution is -2.24. The lowest BCUT2D eigenvalue weighted by molar-refractivity contribution is 0.138. The number of carbonyl (C=O) groups is 1. The van der Waals surface area contributed by atoms with Gasteiger partial charge in [-0.3, -0.25) is 0 Å². The van der Waals surface area contributed by atoms with Gasteiger partial charge in [-0.1, -0.05) is 0 Å². The number of likely N-dealkylation sites (N-methyl/N-ethyl adjacent to an activating group) is 1. The van der Waals surface area contributed by atoms with Crippen molar-refractivity contribution in [2.45, 2.75) is 6.10 Å². The van der Waals surface area contributed by atoms with Crippen molar-refractivity contribution in [1.82, 2.24) is 4.90 Å². The number of carbonyl (C=O) groups excluding carboxylic acids is 1. The Bertz CT molecular complexity index is 444.